The third kappa shape index (κ3) is 3.75. The average molecular weight is 334 g/mol. The van der Waals surface area contributed by atoms with Crippen molar-refractivity contribution in [1.82, 2.24) is 10.6 Å². The number of hydrogen-bond donors (Lipinski definition) is 2. The summed E-state index contributed by atoms with van der Waals surface area (Å²) in [5, 5.41) is 9.47. The lowest BCUT2D eigenvalue weighted by atomic mass is 9.99. The predicted molar refractivity (Wildman–Crippen MR) is 89.5 cm³/mol. The summed E-state index contributed by atoms with van der Waals surface area (Å²) in [6, 6.07) is 3.96. The van der Waals surface area contributed by atoms with Crippen LogP contribution in [-0.2, 0) is 24.2 Å². The van der Waals surface area contributed by atoms with Gasteiger partial charge in [0.2, 0.25) is 5.91 Å². The fourth-order valence-electron chi connectivity index (χ4n) is 2.51. The summed E-state index contributed by atoms with van der Waals surface area (Å²) in [4.78, 5) is 25.9. The minimum Gasteiger partial charge on any atom is -0.350 e. The second-order valence-electron chi connectivity index (χ2n) is 5.36. The molecule has 0 unspecified atom stereocenters. The van der Waals surface area contributed by atoms with E-state index in [4.69, 9.17) is 0 Å². The number of hydrogen-bond acceptors (Lipinski definition) is 4. The van der Waals surface area contributed by atoms with Crippen LogP contribution in [-0.4, -0.2) is 18.4 Å². The van der Waals surface area contributed by atoms with Gasteiger partial charge in [0, 0.05) is 11.4 Å². The van der Waals surface area contributed by atoms with Crippen molar-refractivity contribution in [2.24, 2.45) is 0 Å². The van der Waals surface area contributed by atoms with Gasteiger partial charge < -0.3 is 10.6 Å². The van der Waals surface area contributed by atoms with Crippen LogP contribution >= 0.6 is 22.7 Å². The molecule has 0 atom stereocenters. The first-order valence-corrected chi connectivity index (χ1v) is 9.16. The van der Waals surface area contributed by atoms with Gasteiger partial charge >= 0.3 is 0 Å². The normalized spacial score (nSPS) is 13.5. The fourth-order valence-corrected chi connectivity index (χ4v) is 4.35. The number of carbonyl (C=O) groups is 2. The first-order valence-electron chi connectivity index (χ1n) is 7.40. The molecule has 2 aromatic rings. The van der Waals surface area contributed by atoms with E-state index in [1.807, 2.05) is 22.9 Å². The van der Waals surface area contributed by atoms with Gasteiger partial charge in [0.1, 0.15) is 0 Å². The molecule has 4 nitrogen and oxygen atoms in total. The Morgan fingerprint density at radius 2 is 2.05 bits per heavy atom. The summed E-state index contributed by atoms with van der Waals surface area (Å²) >= 11 is 3.16. The van der Waals surface area contributed by atoms with Gasteiger partial charge in [-0.05, 0) is 59.7 Å². The average Bonchev–Trinajstić information content (AvgIpc) is 3.19. The van der Waals surface area contributed by atoms with Gasteiger partial charge in [0.25, 0.3) is 5.91 Å². The van der Waals surface area contributed by atoms with Crippen molar-refractivity contribution < 1.29 is 9.59 Å². The molecule has 0 saturated carbocycles. The number of carbonyl (C=O) groups excluding carboxylic acids is 2. The molecule has 2 N–H and O–H groups in total. The Labute approximate surface area is 137 Å². The second kappa shape index (κ2) is 7.07. The summed E-state index contributed by atoms with van der Waals surface area (Å²) in [5.74, 6) is -0.314. The molecule has 0 spiro atoms. The molecule has 1 aliphatic rings. The molecule has 2 aromatic heterocycles. The lowest BCUT2D eigenvalue weighted by molar-refractivity contribution is -0.120. The van der Waals surface area contributed by atoms with E-state index >= 15 is 0 Å². The molecule has 22 heavy (non-hydrogen) atoms. The van der Waals surface area contributed by atoms with Gasteiger partial charge in [-0.15, -0.1) is 11.3 Å². The van der Waals surface area contributed by atoms with E-state index in [0.29, 0.717) is 6.54 Å². The Morgan fingerprint density at radius 1 is 1.18 bits per heavy atom. The van der Waals surface area contributed by atoms with Gasteiger partial charge in [0.05, 0.1) is 11.4 Å². The van der Waals surface area contributed by atoms with Crippen molar-refractivity contribution in [1.29, 1.82) is 0 Å². The molecule has 0 aromatic carbocycles. The SMILES string of the molecule is O=C(CNC(=O)c1cc2c(s1)CCCC2)NCc1ccsc1. The molecule has 3 rings (SSSR count). The molecular weight excluding hydrogens is 316 g/mol. The van der Waals surface area contributed by atoms with Crippen molar-refractivity contribution in [2.45, 2.75) is 32.2 Å². The Balaban J connectivity index is 1.47. The van der Waals surface area contributed by atoms with E-state index in [1.54, 1.807) is 22.7 Å². The lowest BCUT2D eigenvalue weighted by Crippen LogP contribution is -2.36. The quantitative estimate of drug-likeness (QED) is 0.883. The molecule has 6 heteroatoms. The summed E-state index contributed by atoms with van der Waals surface area (Å²) in [6.07, 6.45) is 4.56. The van der Waals surface area contributed by atoms with E-state index in [9.17, 15) is 9.59 Å². The highest BCUT2D eigenvalue weighted by Gasteiger charge is 2.17. The number of thiophene rings is 2. The number of nitrogens with one attached hydrogen (secondary N) is 2. The van der Waals surface area contributed by atoms with E-state index in [2.05, 4.69) is 10.6 Å². The van der Waals surface area contributed by atoms with Crippen LogP contribution in [0.4, 0.5) is 0 Å². The highest BCUT2D eigenvalue weighted by atomic mass is 32.1. The molecule has 1 aliphatic carbocycles. The van der Waals surface area contributed by atoms with Gasteiger partial charge in [-0.2, -0.15) is 11.3 Å². The molecule has 0 bridgehead atoms. The maximum Gasteiger partial charge on any atom is 0.261 e. The Hall–Kier alpha value is -1.66. The third-order valence-corrected chi connectivity index (χ3v) is 5.67. The lowest BCUT2D eigenvalue weighted by Gasteiger charge is -2.08. The van der Waals surface area contributed by atoms with Crippen LogP contribution in [0.3, 0.4) is 0 Å². The molecule has 0 saturated heterocycles. The van der Waals surface area contributed by atoms with E-state index < -0.39 is 0 Å². The largest absolute Gasteiger partial charge is 0.350 e. The standard InChI is InChI=1S/C16H18N2O2S2/c19-15(17-8-11-5-6-21-10-11)9-18-16(20)14-7-12-3-1-2-4-13(12)22-14/h5-7,10H,1-4,8-9H2,(H,17,19)(H,18,20). The number of fused-ring (bicyclic) bond motifs is 1. The summed E-state index contributed by atoms with van der Waals surface area (Å²) in [7, 11) is 0. The van der Waals surface area contributed by atoms with Crippen molar-refractivity contribution >= 4 is 34.5 Å². The van der Waals surface area contributed by atoms with Crippen LogP contribution in [0, 0.1) is 0 Å². The van der Waals surface area contributed by atoms with Gasteiger partial charge in [-0.25, -0.2) is 0 Å². The maximum atomic E-state index is 12.1. The van der Waals surface area contributed by atoms with E-state index in [0.717, 1.165) is 23.3 Å². The van der Waals surface area contributed by atoms with Crippen LogP contribution in [0.2, 0.25) is 0 Å². The zero-order valence-corrected chi connectivity index (χ0v) is 13.8. The second-order valence-corrected chi connectivity index (χ2v) is 7.27. The summed E-state index contributed by atoms with van der Waals surface area (Å²) in [5.41, 5.74) is 2.39. The van der Waals surface area contributed by atoms with E-state index in [1.165, 1.54) is 23.3 Å². The van der Waals surface area contributed by atoms with Crippen LogP contribution in [0.5, 0.6) is 0 Å². The highest BCUT2D eigenvalue weighted by Crippen LogP contribution is 2.29. The first kappa shape index (κ1) is 15.2. The van der Waals surface area contributed by atoms with Crippen LogP contribution in [0.25, 0.3) is 0 Å². The third-order valence-electron chi connectivity index (χ3n) is 3.70. The van der Waals surface area contributed by atoms with Crippen molar-refractivity contribution in [3.05, 3.63) is 43.8 Å². The molecule has 0 fully saturated rings. The minimum absolute atomic E-state index is 0.0194. The Kier molecular flexibility index (Phi) is 4.90. The van der Waals surface area contributed by atoms with Crippen molar-refractivity contribution in [3.8, 4) is 0 Å². The van der Waals surface area contributed by atoms with Crippen LogP contribution < -0.4 is 10.6 Å². The topological polar surface area (TPSA) is 58.2 Å². The van der Waals surface area contributed by atoms with Gasteiger partial charge in [-0.3, -0.25) is 9.59 Å². The van der Waals surface area contributed by atoms with Crippen LogP contribution in [0.15, 0.2) is 22.9 Å². The van der Waals surface area contributed by atoms with Gasteiger partial charge in [-0.1, -0.05) is 0 Å². The van der Waals surface area contributed by atoms with Crippen LogP contribution in [0.1, 0.15) is 38.5 Å². The molecule has 0 radical (unpaired) electrons. The zero-order chi connectivity index (χ0) is 15.4. The minimum atomic E-state index is -0.166. The number of amides is 2. The Morgan fingerprint density at radius 3 is 2.82 bits per heavy atom. The fraction of sp³-hybridized carbons (Fsp3) is 0.375. The molecule has 0 aliphatic heterocycles. The molecule has 116 valence electrons. The predicted octanol–water partition coefficient (Wildman–Crippen LogP) is 2.73. The maximum absolute atomic E-state index is 12.1. The zero-order valence-electron chi connectivity index (χ0n) is 12.2. The van der Waals surface area contributed by atoms with E-state index in [-0.39, 0.29) is 18.4 Å². The monoisotopic (exact) mass is 334 g/mol. The first-order chi connectivity index (χ1) is 10.7. The van der Waals surface area contributed by atoms with Crippen molar-refractivity contribution in [3.63, 3.8) is 0 Å². The highest BCUT2D eigenvalue weighted by molar-refractivity contribution is 7.14. The van der Waals surface area contributed by atoms with Gasteiger partial charge in [0.15, 0.2) is 0 Å². The van der Waals surface area contributed by atoms with Crippen molar-refractivity contribution in [2.75, 3.05) is 6.54 Å². The number of rotatable bonds is 5. The molecule has 2 heterocycles. The molecule has 2 amide bonds. The Bertz CT molecular complexity index is 638. The number of aryl methyl sites for hydroxylation is 2. The smallest absolute Gasteiger partial charge is 0.261 e. The molecular formula is C16H18N2O2S2. The summed E-state index contributed by atoms with van der Waals surface area (Å²) < 4.78 is 0. The summed E-state index contributed by atoms with van der Waals surface area (Å²) in [6.45, 7) is 0.525.